The third kappa shape index (κ3) is 1.75. The van der Waals surface area contributed by atoms with E-state index >= 15 is 0 Å². The van der Waals surface area contributed by atoms with Crippen molar-refractivity contribution in [2.45, 2.75) is 25.9 Å². The number of ketones is 1. The van der Waals surface area contributed by atoms with Crippen molar-refractivity contribution < 1.29 is 9.53 Å². The van der Waals surface area contributed by atoms with Crippen LogP contribution >= 0.6 is 0 Å². The standard InChI is InChI=1S/C14H16O2/c1-11-8-9-16-14(11,12(2)15)10-13-6-4-3-5-7-13/h3-9,11H,10H2,1-2H3. The smallest absolute Gasteiger partial charge is 0.175 e. The van der Waals surface area contributed by atoms with Crippen LogP contribution in [-0.2, 0) is 16.0 Å². The minimum atomic E-state index is -0.693. The summed E-state index contributed by atoms with van der Waals surface area (Å²) in [5, 5.41) is 0. The van der Waals surface area contributed by atoms with Gasteiger partial charge in [0.15, 0.2) is 11.4 Å². The van der Waals surface area contributed by atoms with E-state index in [1.165, 1.54) is 0 Å². The average Bonchev–Trinajstić information content (AvgIpc) is 2.63. The zero-order valence-corrected chi connectivity index (χ0v) is 9.64. The molecule has 1 aliphatic rings. The first-order chi connectivity index (χ1) is 7.65. The van der Waals surface area contributed by atoms with Crippen molar-refractivity contribution in [3.63, 3.8) is 0 Å². The summed E-state index contributed by atoms with van der Waals surface area (Å²) in [5.41, 5.74) is 0.440. The van der Waals surface area contributed by atoms with Crippen molar-refractivity contribution in [1.82, 2.24) is 0 Å². The monoisotopic (exact) mass is 216 g/mol. The van der Waals surface area contributed by atoms with Crippen LogP contribution < -0.4 is 0 Å². The van der Waals surface area contributed by atoms with E-state index in [4.69, 9.17) is 4.74 Å². The molecule has 0 N–H and O–H groups in total. The van der Waals surface area contributed by atoms with Crippen LogP contribution in [0.5, 0.6) is 0 Å². The molecule has 1 heterocycles. The number of rotatable bonds is 3. The van der Waals surface area contributed by atoms with Gasteiger partial charge in [0.25, 0.3) is 0 Å². The highest BCUT2D eigenvalue weighted by atomic mass is 16.5. The van der Waals surface area contributed by atoms with Crippen LogP contribution in [0, 0.1) is 5.92 Å². The normalized spacial score (nSPS) is 27.8. The van der Waals surface area contributed by atoms with E-state index in [1.807, 2.05) is 43.3 Å². The van der Waals surface area contributed by atoms with Crippen LogP contribution in [0.25, 0.3) is 0 Å². The third-order valence-corrected chi connectivity index (χ3v) is 3.29. The molecule has 2 unspecified atom stereocenters. The fourth-order valence-corrected chi connectivity index (χ4v) is 2.17. The van der Waals surface area contributed by atoms with E-state index in [1.54, 1.807) is 13.2 Å². The Morgan fingerprint density at radius 3 is 2.56 bits per heavy atom. The maximum atomic E-state index is 11.8. The first kappa shape index (κ1) is 10.9. The van der Waals surface area contributed by atoms with Gasteiger partial charge in [-0.25, -0.2) is 0 Å². The van der Waals surface area contributed by atoms with E-state index in [9.17, 15) is 4.79 Å². The average molecular weight is 216 g/mol. The lowest BCUT2D eigenvalue weighted by atomic mass is 9.81. The van der Waals surface area contributed by atoms with Crippen LogP contribution in [0.1, 0.15) is 19.4 Å². The van der Waals surface area contributed by atoms with E-state index in [-0.39, 0.29) is 11.7 Å². The molecule has 0 radical (unpaired) electrons. The Morgan fingerprint density at radius 1 is 1.38 bits per heavy atom. The van der Waals surface area contributed by atoms with Gasteiger partial charge in [-0.3, -0.25) is 4.79 Å². The highest BCUT2D eigenvalue weighted by Crippen LogP contribution is 2.33. The molecule has 0 amide bonds. The molecule has 84 valence electrons. The highest BCUT2D eigenvalue weighted by molar-refractivity contribution is 5.86. The lowest BCUT2D eigenvalue weighted by Crippen LogP contribution is -2.44. The van der Waals surface area contributed by atoms with Crippen molar-refractivity contribution in [3.8, 4) is 0 Å². The summed E-state index contributed by atoms with van der Waals surface area (Å²) < 4.78 is 5.59. The first-order valence-corrected chi connectivity index (χ1v) is 5.54. The molecule has 0 bridgehead atoms. The highest BCUT2D eigenvalue weighted by Gasteiger charge is 2.44. The largest absolute Gasteiger partial charge is 0.486 e. The molecule has 2 atom stereocenters. The molecule has 0 fully saturated rings. The molecule has 2 heteroatoms. The number of hydrogen-bond acceptors (Lipinski definition) is 2. The van der Waals surface area contributed by atoms with Crippen molar-refractivity contribution in [1.29, 1.82) is 0 Å². The van der Waals surface area contributed by atoms with Gasteiger partial charge >= 0.3 is 0 Å². The molecule has 1 aliphatic heterocycles. The van der Waals surface area contributed by atoms with Crippen molar-refractivity contribution in [3.05, 3.63) is 48.2 Å². The predicted octanol–water partition coefficient (Wildman–Crippen LogP) is 2.74. The minimum absolute atomic E-state index is 0.0915. The molecule has 16 heavy (non-hydrogen) atoms. The Bertz CT molecular complexity index is 408. The molecule has 2 rings (SSSR count). The van der Waals surface area contributed by atoms with E-state index in [0.717, 1.165) is 5.56 Å². The summed E-state index contributed by atoms with van der Waals surface area (Å²) in [6.07, 6.45) is 4.23. The zero-order chi connectivity index (χ0) is 11.6. The predicted molar refractivity (Wildman–Crippen MR) is 62.9 cm³/mol. The molecule has 1 aromatic carbocycles. The van der Waals surface area contributed by atoms with Gasteiger partial charge in [-0.05, 0) is 18.6 Å². The lowest BCUT2D eigenvalue weighted by Gasteiger charge is -2.30. The Morgan fingerprint density at radius 2 is 2.06 bits per heavy atom. The first-order valence-electron chi connectivity index (χ1n) is 5.54. The van der Waals surface area contributed by atoms with Crippen molar-refractivity contribution >= 4 is 5.78 Å². The number of hydrogen-bond donors (Lipinski definition) is 0. The third-order valence-electron chi connectivity index (χ3n) is 3.29. The molecule has 0 saturated carbocycles. The Hall–Kier alpha value is -1.57. The number of carbonyl (C=O) groups is 1. The minimum Gasteiger partial charge on any atom is -0.486 e. The second-order valence-corrected chi connectivity index (χ2v) is 4.34. The topological polar surface area (TPSA) is 26.3 Å². The fourth-order valence-electron chi connectivity index (χ4n) is 2.17. The van der Waals surface area contributed by atoms with Gasteiger partial charge in [0.05, 0.1) is 6.26 Å². The summed E-state index contributed by atoms with van der Waals surface area (Å²) in [5.74, 6) is 0.221. The molecular formula is C14H16O2. The summed E-state index contributed by atoms with van der Waals surface area (Å²) in [4.78, 5) is 11.8. The van der Waals surface area contributed by atoms with E-state index in [2.05, 4.69) is 0 Å². The van der Waals surface area contributed by atoms with Gasteiger partial charge < -0.3 is 4.74 Å². The zero-order valence-electron chi connectivity index (χ0n) is 9.64. The summed E-state index contributed by atoms with van der Waals surface area (Å²) in [6.45, 7) is 3.63. The second-order valence-electron chi connectivity index (χ2n) is 4.34. The van der Waals surface area contributed by atoms with Crippen LogP contribution in [0.2, 0.25) is 0 Å². The van der Waals surface area contributed by atoms with Gasteiger partial charge in [0, 0.05) is 12.3 Å². The maximum Gasteiger partial charge on any atom is 0.175 e. The Balaban J connectivity index is 2.26. The van der Waals surface area contributed by atoms with E-state index < -0.39 is 5.60 Å². The van der Waals surface area contributed by atoms with Gasteiger partial charge in [-0.15, -0.1) is 0 Å². The molecule has 0 spiro atoms. The van der Waals surface area contributed by atoms with Crippen LogP contribution in [-0.4, -0.2) is 11.4 Å². The van der Waals surface area contributed by atoms with Crippen molar-refractivity contribution in [2.24, 2.45) is 5.92 Å². The fraction of sp³-hybridized carbons (Fsp3) is 0.357. The van der Waals surface area contributed by atoms with Gasteiger partial charge in [0.1, 0.15) is 0 Å². The van der Waals surface area contributed by atoms with Crippen LogP contribution in [0.3, 0.4) is 0 Å². The van der Waals surface area contributed by atoms with Crippen LogP contribution in [0.15, 0.2) is 42.7 Å². The molecule has 0 saturated heterocycles. The molecule has 1 aromatic rings. The van der Waals surface area contributed by atoms with Gasteiger partial charge in [0.2, 0.25) is 0 Å². The SMILES string of the molecule is CC(=O)C1(Cc2ccccc2)OC=CC1C. The Kier molecular flexibility index (Phi) is 2.82. The summed E-state index contributed by atoms with van der Waals surface area (Å²) in [6, 6.07) is 9.99. The second kappa shape index (κ2) is 4.12. The lowest BCUT2D eigenvalue weighted by molar-refractivity contribution is -0.137. The summed E-state index contributed by atoms with van der Waals surface area (Å²) >= 11 is 0. The molecule has 0 aliphatic carbocycles. The van der Waals surface area contributed by atoms with Crippen LogP contribution in [0.4, 0.5) is 0 Å². The van der Waals surface area contributed by atoms with Gasteiger partial charge in [-0.1, -0.05) is 37.3 Å². The van der Waals surface area contributed by atoms with E-state index in [0.29, 0.717) is 6.42 Å². The molecular weight excluding hydrogens is 200 g/mol. The number of Topliss-reactive ketones (excluding diaryl/α,β-unsaturated/α-hetero) is 1. The maximum absolute atomic E-state index is 11.8. The van der Waals surface area contributed by atoms with Crippen molar-refractivity contribution in [2.75, 3.05) is 0 Å². The van der Waals surface area contributed by atoms with Gasteiger partial charge in [-0.2, -0.15) is 0 Å². The molecule has 0 aromatic heterocycles. The number of benzene rings is 1. The number of ether oxygens (including phenoxy) is 1. The quantitative estimate of drug-likeness (QED) is 0.776. The summed E-state index contributed by atoms with van der Waals surface area (Å²) in [7, 11) is 0. The Labute approximate surface area is 95.9 Å². The molecule has 2 nitrogen and oxygen atoms in total. The number of carbonyl (C=O) groups excluding carboxylic acids is 1.